The standard InChI is InChI=1S/C22H17Cl2NO3/c23-15-4-3-14(18(24)10-15)11-28-17-7-5-16(6-8-17)25-21(26)19-12-1-2-13(9-12)20(19)22(25)27/h1-8,10,12-13,19-20H,9,11H2/t12-,13+,19-,20+. The molecule has 4 nitrogen and oxygen atoms in total. The molecule has 2 aromatic rings. The van der Waals surface area contributed by atoms with Crippen LogP contribution >= 0.6 is 23.2 Å². The van der Waals surface area contributed by atoms with Crippen LogP contribution in [0.4, 0.5) is 5.69 Å². The molecule has 4 atom stereocenters. The van der Waals surface area contributed by atoms with Crippen LogP contribution in [0.1, 0.15) is 12.0 Å². The maximum Gasteiger partial charge on any atom is 0.238 e. The van der Waals surface area contributed by atoms with Crippen LogP contribution in [0.2, 0.25) is 10.0 Å². The summed E-state index contributed by atoms with van der Waals surface area (Å²) in [5.74, 6) is 0.528. The lowest BCUT2D eigenvalue weighted by atomic mass is 9.85. The minimum atomic E-state index is -0.189. The van der Waals surface area contributed by atoms with Crippen LogP contribution < -0.4 is 9.64 Å². The fraction of sp³-hybridized carbons (Fsp3) is 0.273. The molecule has 2 aliphatic carbocycles. The molecule has 1 saturated heterocycles. The minimum absolute atomic E-state index is 0.0755. The van der Waals surface area contributed by atoms with Crippen LogP contribution in [-0.4, -0.2) is 11.8 Å². The van der Waals surface area contributed by atoms with Crippen molar-refractivity contribution >= 4 is 40.7 Å². The maximum absolute atomic E-state index is 12.9. The number of allylic oxidation sites excluding steroid dienone is 2. The summed E-state index contributed by atoms with van der Waals surface area (Å²) in [6.45, 7) is 0.302. The second-order valence-electron chi connectivity index (χ2n) is 7.53. The molecule has 0 unspecified atom stereocenters. The largest absolute Gasteiger partial charge is 0.489 e. The maximum atomic E-state index is 12.9. The number of halogens is 2. The van der Waals surface area contributed by atoms with Crippen LogP contribution in [0.3, 0.4) is 0 Å². The number of nitrogens with zero attached hydrogens (tertiary/aromatic N) is 1. The van der Waals surface area contributed by atoms with Crippen LogP contribution in [-0.2, 0) is 16.2 Å². The van der Waals surface area contributed by atoms with Gasteiger partial charge in [0.05, 0.1) is 17.5 Å². The zero-order valence-electron chi connectivity index (χ0n) is 14.8. The Kier molecular flexibility index (Phi) is 4.22. The van der Waals surface area contributed by atoms with Crippen LogP contribution in [0.15, 0.2) is 54.6 Å². The Morgan fingerprint density at radius 2 is 1.57 bits per heavy atom. The van der Waals surface area contributed by atoms with Crippen LogP contribution in [0.5, 0.6) is 5.75 Å². The summed E-state index contributed by atoms with van der Waals surface area (Å²) in [6.07, 6.45) is 5.12. The molecule has 2 aromatic carbocycles. The number of hydrogen-bond acceptors (Lipinski definition) is 3. The summed E-state index contributed by atoms with van der Waals surface area (Å²) < 4.78 is 5.78. The second-order valence-corrected chi connectivity index (χ2v) is 8.37. The van der Waals surface area contributed by atoms with E-state index in [1.165, 1.54) is 4.90 Å². The molecule has 5 rings (SSSR count). The summed E-state index contributed by atoms with van der Waals surface area (Å²) in [5, 5.41) is 1.12. The lowest BCUT2D eigenvalue weighted by molar-refractivity contribution is -0.123. The zero-order valence-corrected chi connectivity index (χ0v) is 16.4. The van der Waals surface area contributed by atoms with E-state index in [0.29, 0.717) is 28.1 Å². The number of hydrogen-bond donors (Lipinski definition) is 0. The van der Waals surface area contributed by atoms with Gasteiger partial charge in [-0.2, -0.15) is 0 Å². The van der Waals surface area contributed by atoms with Gasteiger partial charge in [0.1, 0.15) is 12.4 Å². The van der Waals surface area contributed by atoms with E-state index >= 15 is 0 Å². The van der Waals surface area contributed by atoms with Crippen molar-refractivity contribution < 1.29 is 14.3 Å². The van der Waals surface area contributed by atoms with E-state index in [-0.39, 0.29) is 35.5 Å². The highest BCUT2D eigenvalue weighted by molar-refractivity contribution is 6.35. The molecule has 1 saturated carbocycles. The highest BCUT2D eigenvalue weighted by Crippen LogP contribution is 2.53. The zero-order chi connectivity index (χ0) is 19.4. The number of carbonyl (C=O) groups is 2. The van der Waals surface area contributed by atoms with Crippen molar-refractivity contribution in [2.45, 2.75) is 13.0 Å². The van der Waals surface area contributed by atoms with E-state index in [2.05, 4.69) is 12.2 Å². The number of amides is 2. The summed E-state index contributed by atoms with van der Waals surface area (Å²) in [4.78, 5) is 27.1. The third kappa shape index (κ3) is 2.75. The Bertz CT molecular complexity index is 971. The fourth-order valence-electron chi connectivity index (χ4n) is 4.65. The van der Waals surface area contributed by atoms with Gasteiger partial charge in [-0.05, 0) is 54.7 Å². The molecule has 28 heavy (non-hydrogen) atoms. The van der Waals surface area contributed by atoms with Crippen molar-refractivity contribution in [3.63, 3.8) is 0 Å². The van der Waals surface area contributed by atoms with Gasteiger partial charge in [0.2, 0.25) is 11.8 Å². The van der Waals surface area contributed by atoms with E-state index < -0.39 is 0 Å². The fourth-order valence-corrected chi connectivity index (χ4v) is 5.11. The Balaban J connectivity index is 1.30. The summed E-state index contributed by atoms with van der Waals surface area (Å²) in [6, 6.07) is 12.3. The monoisotopic (exact) mass is 413 g/mol. The van der Waals surface area contributed by atoms with Crippen LogP contribution in [0, 0.1) is 23.7 Å². The Morgan fingerprint density at radius 3 is 2.18 bits per heavy atom. The molecule has 142 valence electrons. The summed E-state index contributed by atoms with van der Waals surface area (Å²) >= 11 is 12.1. The molecule has 0 aromatic heterocycles. The highest BCUT2D eigenvalue weighted by atomic mass is 35.5. The van der Waals surface area contributed by atoms with E-state index in [1.54, 1.807) is 36.4 Å². The lowest BCUT2D eigenvalue weighted by Crippen LogP contribution is -2.32. The highest BCUT2D eigenvalue weighted by Gasteiger charge is 2.59. The number of rotatable bonds is 4. The van der Waals surface area contributed by atoms with Crippen LogP contribution in [0.25, 0.3) is 0 Å². The minimum Gasteiger partial charge on any atom is -0.489 e. The van der Waals surface area contributed by atoms with Gasteiger partial charge >= 0.3 is 0 Å². The number of ether oxygens (including phenoxy) is 1. The smallest absolute Gasteiger partial charge is 0.238 e. The van der Waals surface area contributed by atoms with Gasteiger partial charge in [-0.25, -0.2) is 0 Å². The van der Waals surface area contributed by atoms with Crippen molar-refractivity contribution in [2.75, 3.05) is 4.90 Å². The van der Waals surface area contributed by atoms with E-state index in [4.69, 9.17) is 27.9 Å². The van der Waals surface area contributed by atoms with Gasteiger partial charge < -0.3 is 4.74 Å². The van der Waals surface area contributed by atoms with E-state index in [0.717, 1.165) is 12.0 Å². The number of anilines is 1. The molecular formula is C22H17Cl2NO3. The van der Waals surface area contributed by atoms with Gasteiger partial charge in [-0.15, -0.1) is 0 Å². The molecule has 0 spiro atoms. The third-order valence-electron chi connectivity index (χ3n) is 5.97. The summed E-state index contributed by atoms with van der Waals surface area (Å²) in [7, 11) is 0. The predicted octanol–water partition coefficient (Wildman–Crippen LogP) is 4.88. The normalized spacial score (nSPS) is 27.6. The van der Waals surface area contributed by atoms with E-state index in [9.17, 15) is 9.59 Å². The van der Waals surface area contributed by atoms with Gasteiger partial charge in [0.25, 0.3) is 0 Å². The quantitative estimate of drug-likeness (QED) is 0.529. The molecule has 1 heterocycles. The Labute approximate surface area is 172 Å². The average Bonchev–Trinajstić information content (AvgIpc) is 3.36. The molecule has 1 aliphatic heterocycles. The molecule has 0 N–H and O–H groups in total. The van der Waals surface area contributed by atoms with Crippen molar-refractivity contribution in [1.82, 2.24) is 0 Å². The molecule has 0 radical (unpaired) electrons. The Morgan fingerprint density at radius 1 is 0.929 bits per heavy atom. The first-order chi connectivity index (χ1) is 13.5. The van der Waals surface area contributed by atoms with Gasteiger partial charge in [-0.3, -0.25) is 14.5 Å². The van der Waals surface area contributed by atoms with Gasteiger partial charge in [0, 0.05) is 15.6 Å². The molecule has 2 amide bonds. The number of imide groups is 1. The van der Waals surface area contributed by atoms with Crippen molar-refractivity contribution in [3.8, 4) is 5.75 Å². The second kappa shape index (κ2) is 6.64. The van der Waals surface area contributed by atoms with E-state index in [1.807, 2.05) is 6.07 Å². The molecule has 2 bridgehead atoms. The van der Waals surface area contributed by atoms with Crippen molar-refractivity contribution in [3.05, 3.63) is 70.2 Å². The van der Waals surface area contributed by atoms with Crippen molar-refractivity contribution in [2.24, 2.45) is 23.7 Å². The predicted molar refractivity (Wildman–Crippen MR) is 107 cm³/mol. The average molecular weight is 414 g/mol. The number of fused-ring (bicyclic) bond motifs is 5. The molecule has 6 heteroatoms. The van der Waals surface area contributed by atoms with Gasteiger partial charge in [-0.1, -0.05) is 41.4 Å². The molecule has 3 aliphatic rings. The van der Waals surface area contributed by atoms with Gasteiger partial charge in [0.15, 0.2) is 0 Å². The topological polar surface area (TPSA) is 46.6 Å². The first kappa shape index (κ1) is 17.8. The summed E-state index contributed by atoms with van der Waals surface area (Å²) in [5.41, 5.74) is 1.43. The SMILES string of the molecule is O=C1[C@@H]2[C@H](C(=O)N1c1ccc(OCc3ccc(Cl)cc3Cl)cc1)[C@@H]1C=C[C@H]2C1. The number of benzene rings is 2. The number of carbonyl (C=O) groups excluding carboxylic acids is 2. The molecular weight excluding hydrogens is 397 g/mol. The Hall–Kier alpha value is -2.30. The molecule has 2 fully saturated rings. The first-order valence-corrected chi connectivity index (χ1v) is 10.0. The first-order valence-electron chi connectivity index (χ1n) is 9.26. The van der Waals surface area contributed by atoms with Crippen molar-refractivity contribution in [1.29, 1.82) is 0 Å². The third-order valence-corrected chi connectivity index (χ3v) is 6.56. The lowest BCUT2D eigenvalue weighted by Gasteiger charge is -2.17.